The Morgan fingerprint density at radius 2 is 1.82 bits per heavy atom. The summed E-state index contributed by atoms with van der Waals surface area (Å²) in [7, 11) is 1.60. The molecule has 33 heavy (non-hydrogen) atoms. The van der Waals surface area contributed by atoms with Crippen molar-refractivity contribution in [1.29, 1.82) is 0 Å². The summed E-state index contributed by atoms with van der Waals surface area (Å²) in [6.45, 7) is 6.31. The fourth-order valence-electron chi connectivity index (χ4n) is 4.46. The highest BCUT2D eigenvalue weighted by molar-refractivity contribution is 5.94. The summed E-state index contributed by atoms with van der Waals surface area (Å²) in [5.41, 5.74) is 1.54. The molecule has 1 fully saturated rings. The van der Waals surface area contributed by atoms with Gasteiger partial charge in [-0.2, -0.15) is 0 Å². The zero-order valence-electron chi connectivity index (χ0n) is 20.6. The molecule has 0 aliphatic heterocycles. The average molecular weight is 458 g/mol. The number of hydrogen-bond acceptors (Lipinski definition) is 5. The lowest BCUT2D eigenvalue weighted by Gasteiger charge is -2.30. The van der Waals surface area contributed by atoms with E-state index >= 15 is 0 Å². The van der Waals surface area contributed by atoms with Crippen molar-refractivity contribution in [2.45, 2.75) is 90.3 Å². The molecule has 0 saturated heterocycles. The van der Waals surface area contributed by atoms with E-state index in [0.29, 0.717) is 23.6 Å². The fraction of sp³-hybridized carbons (Fsp3) is 0.630. The second-order valence-electron chi connectivity index (χ2n) is 10.1. The van der Waals surface area contributed by atoms with Gasteiger partial charge in [0.15, 0.2) is 11.5 Å². The van der Waals surface area contributed by atoms with Crippen LogP contribution in [0, 0.1) is 5.92 Å². The molecule has 0 unspecified atom stereocenters. The number of rotatable bonds is 8. The maximum absolute atomic E-state index is 12.7. The molecule has 6 nitrogen and oxygen atoms in total. The molecule has 0 atom stereocenters. The van der Waals surface area contributed by atoms with Crippen LogP contribution in [-0.4, -0.2) is 37.2 Å². The van der Waals surface area contributed by atoms with Gasteiger partial charge in [0.25, 0.3) is 5.91 Å². The molecule has 0 radical (unpaired) electrons. The number of esters is 1. The minimum absolute atomic E-state index is 0.0193. The van der Waals surface area contributed by atoms with E-state index in [0.717, 1.165) is 44.9 Å². The Morgan fingerprint density at radius 1 is 1.06 bits per heavy atom. The van der Waals surface area contributed by atoms with E-state index < -0.39 is 5.60 Å². The third-order valence-electron chi connectivity index (χ3n) is 6.25. The molecule has 0 spiro atoms. The van der Waals surface area contributed by atoms with Gasteiger partial charge in [0.1, 0.15) is 5.60 Å². The molecule has 0 aromatic heterocycles. The fourth-order valence-corrected chi connectivity index (χ4v) is 4.46. The number of hydrogen-bond donors (Lipinski definition) is 1. The van der Waals surface area contributed by atoms with Crippen LogP contribution in [0.2, 0.25) is 0 Å². The van der Waals surface area contributed by atoms with E-state index in [1.54, 1.807) is 25.3 Å². The van der Waals surface area contributed by atoms with Crippen molar-refractivity contribution >= 4 is 11.9 Å². The Labute approximate surface area is 198 Å². The Balaban J connectivity index is 1.53. The van der Waals surface area contributed by atoms with E-state index in [1.807, 2.05) is 20.8 Å². The highest BCUT2D eigenvalue weighted by Crippen LogP contribution is 2.34. The molecule has 0 heterocycles. The Bertz CT molecular complexity index is 847. The van der Waals surface area contributed by atoms with Crippen LogP contribution in [0.3, 0.4) is 0 Å². The molecule has 1 amide bonds. The molecule has 1 aromatic rings. The number of ether oxygens (including phenoxy) is 3. The number of carbonyl (C=O) groups is 2. The summed E-state index contributed by atoms with van der Waals surface area (Å²) in [5.74, 6) is 0.866. The third-order valence-corrected chi connectivity index (χ3v) is 6.25. The zero-order valence-corrected chi connectivity index (χ0v) is 20.6. The van der Waals surface area contributed by atoms with Crippen LogP contribution in [-0.2, 0) is 9.53 Å². The van der Waals surface area contributed by atoms with E-state index in [9.17, 15) is 9.59 Å². The summed E-state index contributed by atoms with van der Waals surface area (Å²) < 4.78 is 17.2. The lowest BCUT2D eigenvalue weighted by atomic mass is 9.87. The van der Waals surface area contributed by atoms with Gasteiger partial charge in [-0.15, -0.1) is 0 Å². The number of carbonyl (C=O) groups excluding carboxylic acids is 2. The van der Waals surface area contributed by atoms with Crippen LogP contribution in [0.4, 0.5) is 0 Å². The predicted octanol–water partition coefficient (Wildman–Crippen LogP) is 5.59. The molecule has 1 aromatic carbocycles. The van der Waals surface area contributed by atoms with Crippen LogP contribution in [0.15, 0.2) is 29.8 Å². The maximum Gasteiger partial charge on any atom is 0.309 e. The Kier molecular flexibility index (Phi) is 8.81. The van der Waals surface area contributed by atoms with Crippen LogP contribution >= 0.6 is 0 Å². The average Bonchev–Trinajstić information content (AvgIpc) is 2.79. The summed E-state index contributed by atoms with van der Waals surface area (Å²) in [4.78, 5) is 25.0. The van der Waals surface area contributed by atoms with Crippen LogP contribution in [0.1, 0.15) is 88.9 Å². The van der Waals surface area contributed by atoms with Crippen LogP contribution in [0.25, 0.3) is 0 Å². The third kappa shape index (κ3) is 7.79. The van der Waals surface area contributed by atoms with Gasteiger partial charge in [0, 0.05) is 12.1 Å². The van der Waals surface area contributed by atoms with Gasteiger partial charge in [-0.25, -0.2) is 0 Å². The molecular formula is C27H39NO5. The monoisotopic (exact) mass is 457 g/mol. The van der Waals surface area contributed by atoms with Gasteiger partial charge in [-0.05, 0) is 96.8 Å². The highest BCUT2D eigenvalue weighted by Gasteiger charge is 2.31. The summed E-state index contributed by atoms with van der Waals surface area (Å²) in [6.07, 6.45) is 11.0. The van der Waals surface area contributed by atoms with Crippen molar-refractivity contribution in [3.05, 3.63) is 35.4 Å². The molecule has 3 rings (SSSR count). The van der Waals surface area contributed by atoms with Gasteiger partial charge >= 0.3 is 5.97 Å². The number of benzene rings is 1. The minimum atomic E-state index is -0.466. The molecule has 1 saturated carbocycles. The molecule has 2 aliphatic carbocycles. The van der Waals surface area contributed by atoms with Crippen molar-refractivity contribution in [2.75, 3.05) is 13.7 Å². The minimum Gasteiger partial charge on any atom is -0.493 e. The van der Waals surface area contributed by atoms with Crippen LogP contribution in [0.5, 0.6) is 11.5 Å². The molecule has 2 aliphatic rings. The number of nitrogens with one attached hydrogen (secondary N) is 1. The molecule has 6 heteroatoms. The summed E-state index contributed by atoms with van der Waals surface area (Å²) in [6, 6.07) is 5.30. The first kappa shape index (κ1) is 25.1. The molecule has 0 bridgehead atoms. The maximum atomic E-state index is 12.7. The van der Waals surface area contributed by atoms with Gasteiger partial charge in [0.05, 0.1) is 19.1 Å². The van der Waals surface area contributed by atoms with Gasteiger partial charge in [0.2, 0.25) is 0 Å². The zero-order chi connectivity index (χ0) is 23.8. The topological polar surface area (TPSA) is 73.9 Å². The van der Waals surface area contributed by atoms with Crippen LogP contribution < -0.4 is 14.8 Å². The van der Waals surface area contributed by atoms with Gasteiger partial charge in [-0.3, -0.25) is 9.59 Å². The standard InChI is InChI=1S/C27H39NO5/c1-27(2,3)33-26(30)20-10-13-22(14-11-20)32-24-18-21(12-15-23(24)31-4)25(29)28-17-16-19-8-6-5-7-9-19/h8,12,15,18,20,22H,5-7,9-11,13-14,16-17H2,1-4H3,(H,28,29). The first-order chi connectivity index (χ1) is 15.7. The Morgan fingerprint density at radius 3 is 2.45 bits per heavy atom. The SMILES string of the molecule is COc1ccc(C(=O)NCCC2=CCCCC2)cc1OC1CCC(C(=O)OC(C)(C)C)CC1. The quantitative estimate of drug-likeness (QED) is 0.407. The summed E-state index contributed by atoms with van der Waals surface area (Å²) in [5, 5.41) is 3.02. The predicted molar refractivity (Wildman–Crippen MR) is 129 cm³/mol. The number of methoxy groups -OCH3 is 1. The number of allylic oxidation sites excluding steroid dienone is 1. The van der Waals surface area contributed by atoms with Gasteiger partial charge in [-0.1, -0.05) is 11.6 Å². The molecule has 1 N–H and O–H groups in total. The van der Waals surface area contributed by atoms with Crippen molar-refractivity contribution < 1.29 is 23.8 Å². The molecular weight excluding hydrogens is 418 g/mol. The first-order valence-electron chi connectivity index (χ1n) is 12.3. The van der Waals surface area contributed by atoms with Crippen molar-refractivity contribution in [2.24, 2.45) is 5.92 Å². The normalized spacial score (nSPS) is 21.0. The number of amides is 1. The van der Waals surface area contributed by atoms with E-state index in [4.69, 9.17) is 14.2 Å². The largest absolute Gasteiger partial charge is 0.493 e. The lowest BCUT2D eigenvalue weighted by Crippen LogP contribution is -2.33. The van der Waals surface area contributed by atoms with Crippen molar-refractivity contribution in [1.82, 2.24) is 5.32 Å². The highest BCUT2D eigenvalue weighted by atomic mass is 16.6. The Hall–Kier alpha value is -2.50. The second kappa shape index (κ2) is 11.6. The van der Waals surface area contributed by atoms with Crippen molar-refractivity contribution in [3.63, 3.8) is 0 Å². The lowest BCUT2D eigenvalue weighted by molar-refractivity contribution is -0.161. The van der Waals surface area contributed by atoms with E-state index in [2.05, 4.69) is 11.4 Å². The molecule has 182 valence electrons. The van der Waals surface area contributed by atoms with Crippen molar-refractivity contribution in [3.8, 4) is 11.5 Å². The second-order valence-corrected chi connectivity index (χ2v) is 10.1. The van der Waals surface area contributed by atoms with Gasteiger partial charge < -0.3 is 19.5 Å². The van der Waals surface area contributed by atoms with E-state index in [1.165, 1.54) is 18.4 Å². The smallest absolute Gasteiger partial charge is 0.309 e. The first-order valence-corrected chi connectivity index (χ1v) is 12.3. The van der Waals surface area contributed by atoms with E-state index in [-0.39, 0.29) is 23.9 Å². The summed E-state index contributed by atoms with van der Waals surface area (Å²) >= 11 is 0.